The number of carbonyl (C=O) groups is 1. The van der Waals surface area contributed by atoms with Crippen molar-refractivity contribution in [2.45, 2.75) is 25.7 Å². The summed E-state index contributed by atoms with van der Waals surface area (Å²) in [7, 11) is 0. The van der Waals surface area contributed by atoms with Gasteiger partial charge in [0, 0.05) is 11.4 Å². The molecule has 4 heteroatoms. The van der Waals surface area contributed by atoms with Crippen molar-refractivity contribution in [3.05, 3.63) is 28.3 Å². The lowest BCUT2D eigenvalue weighted by atomic mass is 9.94. The second-order valence-electron chi connectivity index (χ2n) is 4.91. The van der Waals surface area contributed by atoms with Crippen molar-refractivity contribution in [3.63, 3.8) is 0 Å². The summed E-state index contributed by atoms with van der Waals surface area (Å²) in [5.41, 5.74) is 1.49. The predicted octanol–water partition coefficient (Wildman–Crippen LogP) is 2.68. The van der Waals surface area contributed by atoms with Crippen molar-refractivity contribution >= 4 is 17.6 Å². The van der Waals surface area contributed by atoms with Gasteiger partial charge in [0.1, 0.15) is 5.75 Å². The number of hydrogen-bond acceptors (Lipinski definition) is 2. The van der Waals surface area contributed by atoms with Crippen LogP contribution in [0, 0.1) is 5.41 Å². The van der Waals surface area contributed by atoms with E-state index in [1.54, 1.807) is 0 Å². The summed E-state index contributed by atoms with van der Waals surface area (Å²) in [6.45, 7) is 0.669. The summed E-state index contributed by atoms with van der Waals surface area (Å²) in [6.07, 6.45) is 2.90. The minimum absolute atomic E-state index is 0.533. The van der Waals surface area contributed by atoms with Crippen LogP contribution >= 0.6 is 11.6 Å². The van der Waals surface area contributed by atoms with E-state index in [1.165, 1.54) is 0 Å². The van der Waals surface area contributed by atoms with Crippen LogP contribution in [0.15, 0.2) is 12.1 Å². The lowest BCUT2D eigenvalue weighted by Gasteiger charge is -2.13. The summed E-state index contributed by atoms with van der Waals surface area (Å²) >= 11 is 6.05. The largest absolute Gasteiger partial charge is 0.493 e. The third kappa shape index (κ3) is 1.78. The third-order valence-corrected chi connectivity index (χ3v) is 3.88. The number of benzene rings is 1. The van der Waals surface area contributed by atoms with Gasteiger partial charge in [0.05, 0.1) is 12.0 Å². The van der Waals surface area contributed by atoms with E-state index in [0.717, 1.165) is 36.1 Å². The first-order valence-corrected chi connectivity index (χ1v) is 6.16. The van der Waals surface area contributed by atoms with Crippen LogP contribution in [-0.2, 0) is 17.6 Å². The van der Waals surface area contributed by atoms with Gasteiger partial charge in [0.2, 0.25) is 0 Å². The predicted molar refractivity (Wildman–Crippen MR) is 63.7 cm³/mol. The Labute approximate surface area is 104 Å². The maximum absolute atomic E-state index is 11.2. The Balaban J connectivity index is 1.96. The monoisotopic (exact) mass is 252 g/mol. The standard InChI is InChI=1S/C13H13ClO3/c14-10-5-8-1-4-17-11(8)9(6-10)7-13(2-3-13)12(15)16/h5-6H,1-4,7H2,(H,15,16). The van der Waals surface area contributed by atoms with Crippen LogP contribution in [-0.4, -0.2) is 17.7 Å². The topological polar surface area (TPSA) is 46.5 Å². The maximum atomic E-state index is 11.2. The smallest absolute Gasteiger partial charge is 0.309 e. The quantitative estimate of drug-likeness (QED) is 0.900. The Morgan fingerprint density at radius 2 is 2.24 bits per heavy atom. The normalized spacial score (nSPS) is 19.6. The molecule has 3 rings (SSSR count). The van der Waals surface area contributed by atoms with Crippen molar-refractivity contribution in [1.82, 2.24) is 0 Å². The Hall–Kier alpha value is -1.22. The summed E-state index contributed by atoms with van der Waals surface area (Å²) in [6, 6.07) is 3.75. The van der Waals surface area contributed by atoms with Crippen LogP contribution in [0.5, 0.6) is 5.75 Å². The number of aliphatic carboxylic acids is 1. The van der Waals surface area contributed by atoms with Crippen LogP contribution < -0.4 is 4.74 Å². The van der Waals surface area contributed by atoms with Crippen LogP contribution in [0.2, 0.25) is 5.02 Å². The highest BCUT2D eigenvalue weighted by Gasteiger charge is 2.50. The molecule has 0 amide bonds. The zero-order valence-electron chi connectivity index (χ0n) is 9.33. The molecule has 17 heavy (non-hydrogen) atoms. The van der Waals surface area contributed by atoms with E-state index in [-0.39, 0.29) is 0 Å². The van der Waals surface area contributed by atoms with E-state index in [0.29, 0.717) is 18.1 Å². The average molecular weight is 253 g/mol. The second-order valence-corrected chi connectivity index (χ2v) is 5.35. The van der Waals surface area contributed by atoms with Crippen LogP contribution in [0.3, 0.4) is 0 Å². The number of rotatable bonds is 3. The fourth-order valence-corrected chi connectivity index (χ4v) is 2.72. The Morgan fingerprint density at radius 1 is 1.47 bits per heavy atom. The Bertz CT molecular complexity index is 492. The first-order chi connectivity index (χ1) is 8.11. The van der Waals surface area contributed by atoms with E-state index in [1.807, 2.05) is 12.1 Å². The highest BCUT2D eigenvalue weighted by molar-refractivity contribution is 6.30. The minimum Gasteiger partial charge on any atom is -0.493 e. The Kier molecular flexibility index (Phi) is 2.33. The highest BCUT2D eigenvalue weighted by atomic mass is 35.5. The molecule has 0 atom stereocenters. The highest BCUT2D eigenvalue weighted by Crippen LogP contribution is 2.50. The molecular weight excluding hydrogens is 240 g/mol. The number of carboxylic acid groups (broad SMARTS) is 1. The summed E-state index contributed by atoms with van der Waals surface area (Å²) in [5.74, 6) is 0.158. The number of carboxylic acids is 1. The minimum atomic E-state index is -0.704. The molecule has 1 fully saturated rings. The van der Waals surface area contributed by atoms with Crippen molar-refractivity contribution in [2.75, 3.05) is 6.61 Å². The molecular formula is C13H13ClO3. The van der Waals surface area contributed by atoms with Gasteiger partial charge in [-0.05, 0) is 42.5 Å². The van der Waals surface area contributed by atoms with E-state index < -0.39 is 11.4 Å². The van der Waals surface area contributed by atoms with Gasteiger partial charge in [-0.3, -0.25) is 4.79 Å². The summed E-state index contributed by atoms with van der Waals surface area (Å²) in [5, 5.41) is 9.88. The molecule has 3 nitrogen and oxygen atoms in total. The van der Waals surface area contributed by atoms with Crippen molar-refractivity contribution < 1.29 is 14.6 Å². The van der Waals surface area contributed by atoms with Gasteiger partial charge in [-0.2, -0.15) is 0 Å². The summed E-state index contributed by atoms with van der Waals surface area (Å²) in [4.78, 5) is 11.2. The maximum Gasteiger partial charge on any atom is 0.309 e. The van der Waals surface area contributed by atoms with Crippen LogP contribution in [0.1, 0.15) is 24.0 Å². The fourth-order valence-electron chi connectivity index (χ4n) is 2.46. The van der Waals surface area contributed by atoms with Crippen LogP contribution in [0.4, 0.5) is 0 Å². The molecule has 0 radical (unpaired) electrons. The number of hydrogen-bond donors (Lipinski definition) is 1. The van der Waals surface area contributed by atoms with Gasteiger partial charge in [-0.15, -0.1) is 0 Å². The molecule has 2 aliphatic rings. The van der Waals surface area contributed by atoms with Gasteiger partial charge >= 0.3 is 5.97 Å². The summed E-state index contributed by atoms with van der Waals surface area (Å²) < 4.78 is 5.59. The lowest BCUT2D eigenvalue weighted by Crippen LogP contribution is -2.17. The molecule has 1 heterocycles. The molecule has 0 unspecified atom stereocenters. The molecule has 0 spiro atoms. The molecule has 1 aliphatic carbocycles. The van der Waals surface area contributed by atoms with Crippen molar-refractivity contribution in [2.24, 2.45) is 5.41 Å². The zero-order valence-corrected chi connectivity index (χ0v) is 10.1. The average Bonchev–Trinajstić information content (AvgIpc) is 2.88. The molecule has 1 saturated carbocycles. The van der Waals surface area contributed by atoms with Gasteiger partial charge in [-0.25, -0.2) is 0 Å². The number of fused-ring (bicyclic) bond motifs is 1. The van der Waals surface area contributed by atoms with Gasteiger partial charge in [-0.1, -0.05) is 11.6 Å². The molecule has 1 aromatic rings. The fraction of sp³-hybridized carbons (Fsp3) is 0.462. The first kappa shape index (κ1) is 10.9. The molecule has 1 aromatic carbocycles. The van der Waals surface area contributed by atoms with Crippen LogP contribution in [0.25, 0.3) is 0 Å². The molecule has 0 saturated heterocycles. The Morgan fingerprint density at radius 3 is 2.88 bits per heavy atom. The molecule has 90 valence electrons. The molecule has 0 bridgehead atoms. The number of halogens is 1. The lowest BCUT2D eigenvalue weighted by molar-refractivity contribution is -0.143. The van der Waals surface area contributed by atoms with E-state index in [4.69, 9.17) is 16.3 Å². The zero-order chi connectivity index (χ0) is 12.0. The van der Waals surface area contributed by atoms with E-state index >= 15 is 0 Å². The molecule has 1 aliphatic heterocycles. The SMILES string of the molecule is O=C(O)C1(Cc2cc(Cl)cc3c2OCC3)CC1. The molecule has 0 aromatic heterocycles. The van der Waals surface area contributed by atoms with E-state index in [9.17, 15) is 9.90 Å². The third-order valence-electron chi connectivity index (χ3n) is 3.66. The second kappa shape index (κ2) is 3.64. The number of ether oxygens (including phenoxy) is 1. The first-order valence-electron chi connectivity index (χ1n) is 5.78. The van der Waals surface area contributed by atoms with Crippen molar-refractivity contribution in [3.8, 4) is 5.75 Å². The van der Waals surface area contributed by atoms with Crippen molar-refractivity contribution in [1.29, 1.82) is 0 Å². The molecule has 1 N–H and O–H groups in total. The van der Waals surface area contributed by atoms with E-state index in [2.05, 4.69) is 0 Å². The van der Waals surface area contributed by atoms with Gasteiger partial charge in [0.25, 0.3) is 0 Å². The van der Waals surface area contributed by atoms with Gasteiger partial charge in [0.15, 0.2) is 0 Å². The van der Waals surface area contributed by atoms with Gasteiger partial charge < -0.3 is 9.84 Å².